The molecule has 0 bridgehead atoms. The van der Waals surface area contributed by atoms with E-state index in [-0.39, 0.29) is 43.6 Å². The van der Waals surface area contributed by atoms with Crippen LogP contribution in [0.15, 0.2) is 43.0 Å². The number of alkyl halides is 6. The number of aromatic nitrogens is 4. The lowest BCUT2D eigenvalue weighted by atomic mass is 9.87. The summed E-state index contributed by atoms with van der Waals surface area (Å²) in [7, 11) is 1.74. The highest BCUT2D eigenvalue weighted by molar-refractivity contribution is 5.70. The van der Waals surface area contributed by atoms with Gasteiger partial charge in [0.1, 0.15) is 6.10 Å². The highest BCUT2D eigenvalue weighted by Gasteiger charge is 2.42. The zero-order chi connectivity index (χ0) is 36.4. The maximum atomic E-state index is 13.8. The fourth-order valence-electron chi connectivity index (χ4n) is 7.02. The Balaban J connectivity index is 0.00000583. The zero-order valence-electron chi connectivity index (χ0n) is 27.9. The lowest BCUT2D eigenvalue weighted by Crippen LogP contribution is -2.57. The molecule has 1 saturated heterocycles. The van der Waals surface area contributed by atoms with Gasteiger partial charge in [-0.1, -0.05) is 21.3 Å². The first kappa shape index (κ1) is 39.4. The Labute approximate surface area is 292 Å². The summed E-state index contributed by atoms with van der Waals surface area (Å²) in [6.07, 6.45) is -1.20. The molecule has 1 aliphatic heterocycles. The Morgan fingerprint density at radius 3 is 1.88 bits per heavy atom. The van der Waals surface area contributed by atoms with Crippen LogP contribution in [0.1, 0.15) is 89.3 Å². The Morgan fingerprint density at radius 2 is 1.43 bits per heavy atom. The number of rotatable bonds is 9. The number of anilines is 1. The molecule has 280 valence electrons. The van der Waals surface area contributed by atoms with Gasteiger partial charge in [0.15, 0.2) is 0 Å². The van der Waals surface area contributed by atoms with E-state index in [2.05, 4.69) is 15.1 Å². The number of carbonyl (C=O) groups excluding carboxylic acids is 1. The van der Waals surface area contributed by atoms with Crippen molar-refractivity contribution in [2.24, 2.45) is 13.0 Å². The monoisotopic (exact) mass is 726 g/mol. The highest BCUT2D eigenvalue weighted by Crippen LogP contribution is 2.39. The fourth-order valence-corrected chi connectivity index (χ4v) is 7.02. The molecule has 51 heavy (non-hydrogen) atoms. The van der Waals surface area contributed by atoms with E-state index in [1.807, 2.05) is 13.8 Å². The SMILES string of the molecule is C.CC[C@@H]1CC(N(Cc2cc(C(F)(F)F)cc(C(F)(F)F)c2)c2ncc(-c3cnn(C)c3)cn2)C[C@H](CC)N1C(=O)OC1CCC(C(=O)O)CC1. The van der Waals surface area contributed by atoms with Crippen LogP contribution in [0.3, 0.4) is 0 Å². The van der Waals surface area contributed by atoms with Crippen molar-refractivity contribution in [3.8, 4) is 11.1 Å². The van der Waals surface area contributed by atoms with Crippen LogP contribution in [0.2, 0.25) is 0 Å². The van der Waals surface area contributed by atoms with E-state index < -0.39 is 53.6 Å². The van der Waals surface area contributed by atoms with Crippen molar-refractivity contribution < 1.29 is 45.8 Å². The van der Waals surface area contributed by atoms with Crippen molar-refractivity contribution in [3.63, 3.8) is 0 Å². The minimum atomic E-state index is -5.01. The van der Waals surface area contributed by atoms with Gasteiger partial charge in [-0.2, -0.15) is 31.4 Å². The van der Waals surface area contributed by atoms with Gasteiger partial charge in [-0.15, -0.1) is 0 Å². The van der Waals surface area contributed by atoms with E-state index in [9.17, 15) is 41.0 Å². The standard InChI is InChI=1S/C34H40F6N6O4.CH4/c1-4-26-13-28(14-27(5-2)46(26)32(49)50-29-8-6-21(7-9-29)30(47)48)45(31-41-15-22(16-42-31)23-17-43-44(3)19-23)18-20-10-24(33(35,36)37)12-25(11-20)34(38,39)40;/h10-12,15-17,19,21,26-29H,4-9,13-14,18H2,1-3H3,(H,47,48);1H4/t21?,26-,27+,28?,29?;. The minimum Gasteiger partial charge on any atom is -0.481 e. The number of nitrogens with zero attached hydrogens (tertiary/aromatic N) is 6. The molecule has 1 N–H and O–H groups in total. The summed E-state index contributed by atoms with van der Waals surface area (Å²) in [6, 6.07) is 0.328. The van der Waals surface area contributed by atoms with Crippen LogP contribution in [0.5, 0.6) is 0 Å². The molecular weight excluding hydrogens is 682 g/mol. The van der Waals surface area contributed by atoms with Crippen LogP contribution in [-0.2, 0) is 35.5 Å². The third-order valence-electron chi connectivity index (χ3n) is 9.69. The molecule has 5 rings (SSSR count). The lowest BCUT2D eigenvalue weighted by Gasteiger charge is -2.47. The summed E-state index contributed by atoms with van der Waals surface area (Å²) >= 11 is 0. The predicted octanol–water partition coefficient (Wildman–Crippen LogP) is 8.36. The number of carbonyl (C=O) groups is 2. The lowest BCUT2D eigenvalue weighted by molar-refractivity contribution is -0.144. The van der Waals surface area contributed by atoms with Gasteiger partial charge >= 0.3 is 24.4 Å². The molecule has 2 fully saturated rings. The molecule has 1 saturated carbocycles. The number of hydrogen-bond donors (Lipinski definition) is 1. The van der Waals surface area contributed by atoms with Crippen molar-refractivity contribution in [3.05, 3.63) is 59.7 Å². The Hall–Kier alpha value is -4.37. The summed E-state index contributed by atoms with van der Waals surface area (Å²) in [5.74, 6) is -1.22. The van der Waals surface area contributed by atoms with Gasteiger partial charge in [-0.25, -0.2) is 14.8 Å². The van der Waals surface area contributed by atoms with Crippen molar-refractivity contribution in [2.75, 3.05) is 4.90 Å². The summed E-state index contributed by atoms with van der Waals surface area (Å²) in [4.78, 5) is 37.3. The first-order chi connectivity index (χ1) is 23.6. The van der Waals surface area contributed by atoms with Gasteiger partial charge in [0.2, 0.25) is 5.95 Å². The summed E-state index contributed by atoms with van der Waals surface area (Å²) in [6.45, 7) is 3.43. The highest BCUT2D eigenvalue weighted by atomic mass is 19.4. The Morgan fingerprint density at radius 1 is 0.882 bits per heavy atom. The molecule has 1 amide bonds. The van der Waals surface area contributed by atoms with E-state index in [1.54, 1.807) is 33.9 Å². The Bertz CT molecular complexity index is 1590. The molecule has 1 unspecified atom stereocenters. The van der Waals surface area contributed by atoms with E-state index in [1.165, 1.54) is 12.4 Å². The number of piperidine rings is 1. The van der Waals surface area contributed by atoms with Crippen LogP contribution >= 0.6 is 0 Å². The van der Waals surface area contributed by atoms with E-state index >= 15 is 0 Å². The zero-order valence-corrected chi connectivity index (χ0v) is 27.9. The number of carboxylic acid groups (broad SMARTS) is 1. The number of hydrogen-bond acceptors (Lipinski definition) is 7. The minimum absolute atomic E-state index is 0. The molecule has 16 heteroatoms. The molecule has 1 aliphatic carbocycles. The number of carboxylic acids is 1. The Kier molecular flexibility index (Phi) is 12.3. The quantitative estimate of drug-likeness (QED) is 0.219. The van der Waals surface area contributed by atoms with E-state index in [0.717, 1.165) is 5.56 Å². The van der Waals surface area contributed by atoms with Gasteiger partial charge in [-0.3, -0.25) is 9.48 Å². The van der Waals surface area contributed by atoms with Crippen LogP contribution in [0.25, 0.3) is 11.1 Å². The molecule has 3 atom stereocenters. The van der Waals surface area contributed by atoms with Crippen molar-refractivity contribution in [1.29, 1.82) is 0 Å². The van der Waals surface area contributed by atoms with Gasteiger partial charge in [0.05, 0.1) is 23.2 Å². The van der Waals surface area contributed by atoms with Crippen molar-refractivity contribution >= 4 is 18.0 Å². The number of halogens is 6. The van der Waals surface area contributed by atoms with Crippen LogP contribution in [-0.4, -0.2) is 66.0 Å². The van der Waals surface area contributed by atoms with Gasteiger partial charge in [0, 0.05) is 61.4 Å². The van der Waals surface area contributed by atoms with E-state index in [4.69, 9.17) is 4.74 Å². The summed E-state index contributed by atoms with van der Waals surface area (Å²) in [5.41, 5.74) is -1.70. The number of aryl methyl sites for hydroxylation is 1. The number of amides is 1. The second-order valence-electron chi connectivity index (χ2n) is 13.1. The van der Waals surface area contributed by atoms with Crippen LogP contribution in [0.4, 0.5) is 37.1 Å². The van der Waals surface area contributed by atoms with Crippen molar-refractivity contribution in [1.82, 2.24) is 24.6 Å². The average Bonchev–Trinajstić information content (AvgIpc) is 3.52. The molecule has 0 spiro atoms. The molecule has 0 radical (unpaired) electrons. The van der Waals surface area contributed by atoms with E-state index in [0.29, 0.717) is 69.1 Å². The smallest absolute Gasteiger partial charge is 0.416 e. The van der Waals surface area contributed by atoms with Crippen LogP contribution < -0.4 is 4.90 Å². The van der Waals surface area contributed by atoms with Gasteiger partial charge in [-0.05, 0) is 75.1 Å². The second kappa shape index (κ2) is 15.9. The number of likely N-dealkylation sites (tertiary alicyclic amines) is 1. The molecule has 3 heterocycles. The number of aliphatic carboxylic acids is 1. The fraction of sp³-hybridized carbons (Fsp3) is 0.571. The third kappa shape index (κ3) is 9.30. The largest absolute Gasteiger partial charge is 0.481 e. The maximum Gasteiger partial charge on any atom is 0.416 e. The molecule has 2 aromatic heterocycles. The molecule has 2 aliphatic rings. The predicted molar refractivity (Wildman–Crippen MR) is 176 cm³/mol. The molecule has 3 aromatic rings. The molecule has 10 nitrogen and oxygen atoms in total. The average molecular weight is 727 g/mol. The third-order valence-corrected chi connectivity index (χ3v) is 9.69. The van der Waals surface area contributed by atoms with Crippen molar-refractivity contribution in [2.45, 2.75) is 116 Å². The maximum absolute atomic E-state index is 13.8. The molecular formula is C35H44F6N6O4. The molecule has 1 aromatic carbocycles. The first-order valence-electron chi connectivity index (χ1n) is 16.6. The first-order valence-corrected chi connectivity index (χ1v) is 16.6. The normalized spacial score (nSPS) is 22.6. The number of benzene rings is 1. The summed E-state index contributed by atoms with van der Waals surface area (Å²) in [5, 5.41) is 13.5. The van der Waals surface area contributed by atoms with Gasteiger partial charge in [0.25, 0.3) is 0 Å². The van der Waals surface area contributed by atoms with Gasteiger partial charge < -0.3 is 19.6 Å². The number of ether oxygens (including phenoxy) is 1. The second-order valence-corrected chi connectivity index (χ2v) is 13.1. The van der Waals surface area contributed by atoms with Crippen LogP contribution in [0, 0.1) is 5.92 Å². The topological polar surface area (TPSA) is 114 Å². The summed E-state index contributed by atoms with van der Waals surface area (Å²) < 4.78 is 90.3.